The van der Waals surface area contributed by atoms with Gasteiger partial charge in [-0.25, -0.2) is 0 Å². The molecule has 0 aliphatic heterocycles. The average molecular weight is 292 g/mol. The van der Waals surface area contributed by atoms with E-state index in [1.807, 2.05) is 0 Å². The molecule has 2 N–H and O–H groups in total. The zero-order valence-corrected chi connectivity index (χ0v) is 11.9. The quantitative estimate of drug-likeness (QED) is 0.694. The maximum atomic E-state index is 12.5. The number of anilines is 1. The molecular weight excluding hydrogens is 278 g/mol. The fourth-order valence-corrected chi connectivity index (χ4v) is 2.07. The fraction of sp³-hybridized carbons (Fsp3) is 0.133. The molecule has 104 valence electrons. The van der Waals surface area contributed by atoms with Gasteiger partial charge < -0.3 is 15.2 Å². The molecule has 5 heteroatoms. The summed E-state index contributed by atoms with van der Waals surface area (Å²) in [6.07, 6.45) is 0. The average Bonchev–Trinajstić information content (AvgIpc) is 2.48. The van der Waals surface area contributed by atoms with Gasteiger partial charge in [0.15, 0.2) is 17.3 Å². The summed E-state index contributed by atoms with van der Waals surface area (Å²) in [5.74, 6) is 0.823. The summed E-state index contributed by atoms with van der Waals surface area (Å²) in [5.41, 5.74) is 6.90. The molecule has 0 aliphatic rings. The molecule has 2 rings (SSSR count). The van der Waals surface area contributed by atoms with Gasteiger partial charge in [-0.15, -0.1) is 0 Å². The van der Waals surface area contributed by atoms with Gasteiger partial charge >= 0.3 is 0 Å². The number of ether oxygens (including phenoxy) is 2. The van der Waals surface area contributed by atoms with Crippen molar-refractivity contribution in [3.05, 3.63) is 52.5 Å². The van der Waals surface area contributed by atoms with E-state index in [-0.39, 0.29) is 10.8 Å². The topological polar surface area (TPSA) is 61.5 Å². The number of nitrogens with two attached hydrogens (primary N) is 1. The number of rotatable bonds is 4. The van der Waals surface area contributed by atoms with Crippen molar-refractivity contribution in [2.24, 2.45) is 0 Å². The predicted octanol–water partition coefficient (Wildman–Crippen LogP) is 3.17. The number of carbonyl (C=O) groups excluding carboxylic acids is 1. The van der Waals surface area contributed by atoms with Crippen LogP contribution in [0, 0.1) is 0 Å². The molecule has 0 aromatic heterocycles. The minimum absolute atomic E-state index is 0.219. The molecule has 0 heterocycles. The molecule has 2 aromatic carbocycles. The van der Waals surface area contributed by atoms with Crippen LogP contribution in [0.25, 0.3) is 0 Å². The third-order valence-electron chi connectivity index (χ3n) is 2.92. The van der Waals surface area contributed by atoms with Gasteiger partial charge in [-0.05, 0) is 30.3 Å². The summed E-state index contributed by atoms with van der Waals surface area (Å²) >= 11 is 6.07. The molecule has 0 spiro atoms. The van der Waals surface area contributed by atoms with Gasteiger partial charge in [-0.1, -0.05) is 17.7 Å². The second-order valence-electron chi connectivity index (χ2n) is 4.11. The lowest BCUT2D eigenvalue weighted by molar-refractivity contribution is 0.103. The second kappa shape index (κ2) is 5.84. The van der Waals surface area contributed by atoms with Crippen LogP contribution in [0.2, 0.25) is 5.02 Å². The molecular formula is C15H14ClNO3. The lowest BCUT2D eigenvalue weighted by atomic mass is 10.0. The van der Waals surface area contributed by atoms with E-state index in [0.29, 0.717) is 28.3 Å². The Hall–Kier alpha value is -2.20. The van der Waals surface area contributed by atoms with Gasteiger partial charge in [0, 0.05) is 11.1 Å². The molecule has 0 radical (unpaired) electrons. The van der Waals surface area contributed by atoms with E-state index in [0.717, 1.165) is 0 Å². The van der Waals surface area contributed by atoms with E-state index in [9.17, 15) is 4.79 Å². The molecule has 0 saturated heterocycles. The summed E-state index contributed by atoms with van der Waals surface area (Å²) in [5, 5.41) is 0.257. The third kappa shape index (κ3) is 2.56. The summed E-state index contributed by atoms with van der Waals surface area (Å²) in [6.45, 7) is 0. The Kier molecular flexibility index (Phi) is 4.15. The van der Waals surface area contributed by atoms with Gasteiger partial charge in [0.1, 0.15) is 0 Å². The smallest absolute Gasteiger partial charge is 0.194 e. The molecule has 0 amide bonds. The van der Waals surface area contributed by atoms with E-state index in [2.05, 4.69) is 0 Å². The van der Waals surface area contributed by atoms with Crippen LogP contribution in [0.4, 0.5) is 5.69 Å². The SMILES string of the molecule is COc1ccc(C(=O)c2cccc(N)c2Cl)cc1OC. The normalized spacial score (nSPS) is 10.2. The summed E-state index contributed by atoms with van der Waals surface area (Å²) in [7, 11) is 3.05. The first kappa shape index (κ1) is 14.2. The van der Waals surface area contributed by atoms with Crippen molar-refractivity contribution in [1.82, 2.24) is 0 Å². The largest absolute Gasteiger partial charge is 0.493 e. The zero-order valence-electron chi connectivity index (χ0n) is 11.1. The van der Waals surface area contributed by atoms with Crippen LogP contribution in [0.3, 0.4) is 0 Å². The fourth-order valence-electron chi connectivity index (χ4n) is 1.86. The van der Waals surface area contributed by atoms with Crippen LogP contribution >= 0.6 is 11.6 Å². The highest BCUT2D eigenvalue weighted by atomic mass is 35.5. The summed E-state index contributed by atoms with van der Waals surface area (Å²) < 4.78 is 10.3. The van der Waals surface area contributed by atoms with Crippen molar-refractivity contribution < 1.29 is 14.3 Å². The van der Waals surface area contributed by atoms with Crippen molar-refractivity contribution in [2.75, 3.05) is 20.0 Å². The molecule has 0 atom stereocenters. The van der Waals surface area contributed by atoms with E-state index >= 15 is 0 Å². The maximum Gasteiger partial charge on any atom is 0.194 e. The number of hydrogen-bond donors (Lipinski definition) is 1. The number of halogens is 1. The van der Waals surface area contributed by atoms with Crippen molar-refractivity contribution in [3.63, 3.8) is 0 Å². The van der Waals surface area contributed by atoms with Gasteiger partial charge in [-0.3, -0.25) is 4.79 Å². The summed E-state index contributed by atoms with van der Waals surface area (Å²) in [6, 6.07) is 9.91. The number of benzene rings is 2. The standard InChI is InChI=1S/C15H14ClNO3/c1-19-12-7-6-9(8-13(12)20-2)15(18)10-4-3-5-11(17)14(10)16/h3-8H,17H2,1-2H3. The molecule has 2 aromatic rings. The molecule has 0 fully saturated rings. The number of hydrogen-bond acceptors (Lipinski definition) is 4. The Labute approximate surface area is 122 Å². The van der Waals surface area contributed by atoms with Crippen LogP contribution in [0.15, 0.2) is 36.4 Å². The number of methoxy groups -OCH3 is 2. The van der Waals surface area contributed by atoms with Gasteiger partial charge in [0.2, 0.25) is 0 Å². The number of carbonyl (C=O) groups is 1. The minimum atomic E-state index is -0.219. The first-order valence-electron chi connectivity index (χ1n) is 5.89. The van der Waals surface area contributed by atoms with E-state index < -0.39 is 0 Å². The molecule has 0 unspecified atom stereocenters. The minimum Gasteiger partial charge on any atom is -0.493 e. The van der Waals surface area contributed by atoms with Crippen molar-refractivity contribution in [3.8, 4) is 11.5 Å². The highest BCUT2D eigenvalue weighted by Gasteiger charge is 2.16. The van der Waals surface area contributed by atoms with Gasteiger partial charge in [0.25, 0.3) is 0 Å². The third-order valence-corrected chi connectivity index (χ3v) is 3.34. The Morgan fingerprint density at radius 2 is 1.80 bits per heavy atom. The monoisotopic (exact) mass is 291 g/mol. The number of ketones is 1. The van der Waals surface area contributed by atoms with Crippen molar-refractivity contribution in [1.29, 1.82) is 0 Å². The highest BCUT2D eigenvalue weighted by molar-refractivity contribution is 6.37. The molecule has 0 bridgehead atoms. The Bertz CT molecular complexity index is 656. The molecule has 4 nitrogen and oxygen atoms in total. The Balaban J connectivity index is 2.46. The van der Waals surface area contributed by atoms with E-state index in [1.165, 1.54) is 14.2 Å². The van der Waals surface area contributed by atoms with Crippen molar-refractivity contribution in [2.45, 2.75) is 0 Å². The maximum absolute atomic E-state index is 12.5. The first-order valence-corrected chi connectivity index (χ1v) is 6.27. The van der Waals surface area contributed by atoms with Gasteiger partial charge in [-0.2, -0.15) is 0 Å². The summed E-state index contributed by atoms with van der Waals surface area (Å²) in [4.78, 5) is 12.5. The lowest BCUT2D eigenvalue weighted by Crippen LogP contribution is -2.04. The highest BCUT2D eigenvalue weighted by Crippen LogP contribution is 2.30. The molecule has 0 saturated carbocycles. The first-order chi connectivity index (χ1) is 9.58. The van der Waals surface area contributed by atoms with Crippen LogP contribution in [0.1, 0.15) is 15.9 Å². The molecule has 20 heavy (non-hydrogen) atoms. The Morgan fingerprint density at radius 1 is 1.10 bits per heavy atom. The van der Waals surface area contributed by atoms with Gasteiger partial charge in [0.05, 0.1) is 24.9 Å². The molecule has 0 aliphatic carbocycles. The second-order valence-corrected chi connectivity index (χ2v) is 4.49. The Morgan fingerprint density at radius 3 is 2.45 bits per heavy atom. The number of nitrogen functional groups attached to an aromatic ring is 1. The van der Waals surface area contributed by atoms with E-state index in [1.54, 1.807) is 36.4 Å². The van der Waals surface area contributed by atoms with Crippen LogP contribution in [-0.4, -0.2) is 20.0 Å². The van der Waals surface area contributed by atoms with Crippen molar-refractivity contribution >= 4 is 23.1 Å². The van der Waals surface area contributed by atoms with Crippen LogP contribution in [0.5, 0.6) is 11.5 Å². The van der Waals surface area contributed by atoms with Crippen LogP contribution < -0.4 is 15.2 Å². The lowest BCUT2D eigenvalue weighted by Gasteiger charge is -2.10. The van der Waals surface area contributed by atoms with Crippen LogP contribution in [-0.2, 0) is 0 Å². The predicted molar refractivity (Wildman–Crippen MR) is 78.8 cm³/mol. The zero-order chi connectivity index (χ0) is 14.7. The van der Waals surface area contributed by atoms with E-state index in [4.69, 9.17) is 26.8 Å².